The molecule has 2 heterocycles. The minimum atomic E-state index is -0.551. The average Bonchev–Trinajstić information content (AvgIpc) is 3.01. The molecule has 110 valence electrons. The van der Waals surface area contributed by atoms with Crippen LogP contribution in [0.25, 0.3) is 10.9 Å². The molecule has 5 heteroatoms. The number of hydrogen-bond donors (Lipinski definition) is 2. The summed E-state index contributed by atoms with van der Waals surface area (Å²) in [7, 11) is 0. The molecule has 2 aromatic rings. The lowest BCUT2D eigenvalue weighted by molar-refractivity contribution is -0.142. The number of ether oxygens (including phenoxy) is 1. The third-order valence-corrected chi connectivity index (χ3v) is 3.81. The molecule has 0 radical (unpaired) electrons. The van der Waals surface area contributed by atoms with Gasteiger partial charge in [0.05, 0.1) is 0 Å². The Labute approximate surface area is 122 Å². The molecule has 2 unspecified atom stereocenters. The quantitative estimate of drug-likeness (QED) is 0.849. The molecule has 1 aromatic heterocycles. The van der Waals surface area contributed by atoms with Gasteiger partial charge in [0.25, 0.3) is 5.91 Å². The predicted molar refractivity (Wildman–Crippen MR) is 79.1 cm³/mol. The molecule has 0 aliphatic carbocycles. The number of carbonyl (C=O) groups is 2. The second kappa shape index (κ2) is 5.24. The van der Waals surface area contributed by atoms with Gasteiger partial charge < -0.3 is 15.0 Å². The Morgan fingerprint density at radius 1 is 1.43 bits per heavy atom. The number of amides is 1. The first-order valence-electron chi connectivity index (χ1n) is 7.20. The zero-order valence-corrected chi connectivity index (χ0v) is 12.1. The molecule has 1 aliphatic heterocycles. The third kappa shape index (κ3) is 2.63. The van der Waals surface area contributed by atoms with E-state index in [1.54, 1.807) is 6.07 Å². The van der Waals surface area contributed by atoms with Crippen molar-refractivity contribution in [2.24, 2.45) is 0 Å². The summed E-state index contributed by atoms with van der Waals surface area (Å²) < 4.78 is 5.04. The summed E-state index contributed by atoms with van der Waals surface area (Å²) in [5.41, 5.74) is 2.61. The molecule has 1 saturated heterocycles. The van der Waals surface area contributed by atoms with E-state index in [1.807, 2.05) is 25.1 Å². The summed E-state index contributed by atoms with van der Waals surface area (Å²) in [5, 5.41) is 3.71. The van der Waals surface area contributed by atoms with Gasteiger partial charge in [0, 0.05) is 17.3 Å². The van der Waals surface area contributed by atoms with Crippen LogP contribution in [0.4, 0.5) is 0 Å². The molecule has 0 spiro atoms. The lowest BCUT2D eigenvalue weighted by Gasteiger charge is -2.07. The smallest absolute Gasteiger partial charge is 0.329 e. The number of fused-ring (bicyclic) bond motifs is 1. The van der Waals surface area contributed by atoms with Gasteiger partial charge in [-0.05, 0) is 31.0 Å². The number of aryl methyl sites for hydroxylation is 1. The molecule has 1 aromatic carbocycles. The number of H-pyrrole nitrogens is 1. The van der Waals surface area contributed by atoms with Crippen molar-refractivity contribution < 1.29 is 14.3 Å². The molecule has 5 nitrogen and oxygen atoms in total. The Balaban J connectivity index is 1.80. The average molecular weight is 286 g/mol. The molecule has 0 saturated carbocycles. The molecule has 1 fully saturated rings. The lowest BCUT2D eigenvalue weighted by Crippen LogP contribution is -2.38. The number of benzene rings is 1. The monoisotopic (exact) mass is 286 g/mol. The normalized spacial score (nSPS) is 21.5. The number of aromatic nitrogens is 1. The molecular weight excluding hydrogens is 268 g/mol. The van der Waals surface area contributed by atoms with Gasteiger partial charge in [-0.25, -0.2) is 4.79 Å². The summed E-state index contributed by atoms with van der Waals surface area (Å²) in [6.45, 7) is 3.91. The highest BCUT2D eigenvalue weighted by atomic mass is 16.6. The van der Waals surface area contributed by atoms with Gasteiger partial charge in [-0.1, -0.05) is 19.1 Å². The highest BCUT2D eigenvalue weighted by Crippen LogP contribution is 2.19. The number of nitrogens with one attached hydrogen (secondary N) is 2. The minimum absolute atomic E-state index is 0.141. The highest BCUT2D eigenvalue weighted by Gasteiger charge is 2.33. The van der Waals surface area contributed by atoms with E-state index in [0.29, 0.717) is 12.1 Å². The van der Waals surface area contributed by atoms with Crippen LogP contribution in [0.2, 0.25) is 0 Å². The van der Waals surface area contributed by atoms with Crippen molar-refractivity contribution in [2.75, 3.05) is 0 Å². The topological polar surface area (TPSA) is 71.2 Å². The Kier molecular flexibility index (Phi) is 3.41. The SMILES string of the molecule is CCc1ccc2cc(C(=O)NC3CC(C)OC3=O)[nH]c2c1. The molecule has 2 atom stereocenters. The fraction of sp³-hybridized carbons (Fsp3) is 0.375. The zero-order valence-electron chi connectivity index (χ0n) is 12.1. The van der Waals surface area contributed by atoms with E-state index in [4.69, 9.17) is 4.74 Å². The first-order valence-corrected chi connectivity index (χ1v) is 7.20. The van der Waals surface area contributed by atoms with Crippen molar-refractivity contribution in [1.29, 1.82) is 0 Å². The van der Waals surface area contributed by atoms with Crippen LogP contribution in [-0.2, 0) is 16.0 Å². The minimum Gasteiger partial charge on any atom is -0.461 e. The predicted octanol–water partition coefficient (Wildman–Crippen LogP) is 2.16. The first-order chi connectivity index (χ1) is 10.1. The molecule has 21 heavy (non-hydrogen) atoms. The van der Waals surface area contributed by atoms with E-state index < -0.39 is 6.04 Å². The second-order valence-electron chi connectivity index (χ2n) is 5.47. The van der Waals surface area contributed by atoms with Crippen molar-refractivity contribution in [1.82, 2.24) is 10.3 Å². The van der Waals surface area contributed by atoms with Crippen LogP contribution < -0.4 is 5.32 Å². The maximum absolute atomic E-state index is 12.2. The van der Waals surface area contributed by atoms with Crippen molar-refractivity contribution >= 4 is 22.8 Å². The van der Waals surface area contributed by atoms with E-state index in [0.717, 1.165) is 17.3 Å². The van der Waals surface area contributed by atoms with E-state index in [-0.39, 0.29) is 18.0 Å². The van der Waals surface area contributed by atoms with Gasteiger partial charge in [-0.2, -0.15) is 0 Å². The van der Waals surface area contributed by atoms with E-state index in [2.05, 4.69) is 17.2 Å². The Hall–Kier alpha value is -2.30. The van der Waals surface area contributed by atoms with Crippen LogP contribution in [0.15, 0.2) is 24.3 Å². The molecule has 3 rings (SSSR count). The number of rotatable bonds is 3. The Morgan fingerprint density at radius 3 is 2.90 bits per heavy atom. The largest absolute Gasteiger partial charge is 0.461 e. The molecule has 1 aliphatic rings. The summed E-state index contributed by atoms with van der Waals surface area (Å²) >= 11 is 0. The molecular formula is C16H18N2O3. The maximum Gasteiger partial charge on any atom is 0.329 e. The van der Waals surface area contributed by atoms with Crippen LogP contribution in [0.5, 0.6) is 0 Å². The van der Waals surface area contributed by atoms with Gasteiger partial charge in [0.1, 0.15) is 17.8 Å². The summed E-state index contributed by atoms with van der Waals surface area (Å²) in [6.07, 6.45) is 1.32. The first kappa shape index (κ1) is 13.7. The van der Waals surface area contributed by atoms with Crippen molar-refractivity contribution in [3.63, 3.8) is 0 Å². The fourth-order valence-electron chi connectivity index (χ4n) is 2.63. The number of aromatic amines is 1. The van der Waals surface area contributed by atoms with Crippen LogP contribution in [0.3, 0.4) is 0 Å². The number of hydrogen-bond acceptors (Lipinski definition) is 3. The van der Waals surface area contributed by atoms with Crippen molar-refractivity contribution in [2.45, 2.75) is 38.8 Å². The lowest BCUT2D eigenvalue weighted by atomic mass is 10.1. The van der Waals surface area contributed by atoms with Crippen LogP contribution in [0.1, 0.15) is 36.3 Å². The van der Waals surface area contributed by atoms with Crippen LogP contribution in [0, 0.1) is 0 Å². The van der Waals surface area contributed by atoms with Gasteiger partial charge >= 0.3 is 5.97 Å². The van der Waals surface area contributed by atoms with Gasteiger partial charge in [0.15, 0.2) is 0 Å². The van der Waals surface area contributed by atoms with Crippen LogP contribution >= 0.6 is 0 Å². The summed E-state index contributed by atoms with van der Waals surface area (Å²) in [6, 6.07) is 7.33. The number of esters is 1. The molecule has 1 amide bonds. The standard InChI is InChI=1S/C16H18N2O3/c1-3-10-4-5-11-8-13(17-12(11)7-10)15(19)18-14-6-9(2)21-16(14)20/h4-5,7-9,14,17H,3,6H2,1-2H3,(H,18,19). The highest BCUT2D eigenvalue weighted by molar-refractivity contribution is 6.00. The van der Waals surface area contributed by atoms with Gasteiger partial charge in [0.2, 0.25) is 0 Å². The Morgan fingerprint density at radius 2 is 2.24 bits per heavy atom. The van der Waals surface area contributed by atoms with Gasteiger partial charge in [-0.3, -0.25) is 4.79 Å². The maximum atomic E-state index is 12.2. The van der Waals surface area contributed by atoms with Gasteiger partial charge in [-0.15, -0.1) is 0 Å². The van der Waals surface area contributed by atoms with Crippen molar-refractivity contribution in [3.8, 4) is 0 Å². The third-order valence-electron chi connectivity index (χ3n) is 3.81. The van der Waals surface area contributed by atoms with Crippen LogP contribution in [-0.4, -0.2) is 29.0 Å². The zero-order chi connectivity index (χ0) is 15.0. The number of cyclic esters (lactones) is 1. The number of carbonyl (C=O) groups excluding carboxylic acids is 2. The Bertz CT molecular complexity index is 705. The molecule has 0 bridgehead atoms. The molecule has 2 N–H and O–H groups in total. The van der Waals surface area contributed by atoms with E-state index >= 15 is 0 Å². The summed E-state index contributed by atoms with van der Waals surface area (Å²) in [4.78, 5) is 26.9. The fourth-order valence-corrected chi connectivity index (χ4v) is 2.63. The summed E-state index contributed by atoms with van der Waals surface area (Å²) in [5.74, 6) is -0.638. The van der Waals surface area contributed by atoms with E-state index in [1.165, 1.54) is 5.56 Å². The van der Waals surface area contributed by atoms with Crippen molar-refractivity contribution in [3.05, 3.63) is 35.5 Å². The van der Waals surface area contributed by atoms with E-state index in [9.17, 15) is 9.59 Å². The second-order valence-corrected chi connectivity index (χ2v) is 5.47.